The lowest BCUT2D eigenvalue weighted by Gasteiger charge is -2.38. The largest absolute Gasteiger partial charge is 0.461 e. The number of para-hydroxylation sites is 2. The van der Waals surface area contributed by atoms with Gasteiger partial charge in [0, 0.05) is 25.9 Å². The maximum Gasteiger partial charge on any atom is 0.238 e. The molecule has 0 bridgehead atoms. The Bertz CT molecular complexity index is 1040. The lowest BCUT2D eigenvalue weighted by Crippen LogP contribution is -2.48. The number of carbonyl (C=O) groups excluding carboxylic acids is 1. The van der Waals surface area contributed by atoms with Crippen LogP contribution in [0.2, 0.25) is 0 Å². The fourth-order valence-corrected chi connectivity index (χ4v) is 3.26. The van der Waals surface area contributed by atoms with Crippen molar-refractivity contribution in [2.45, 2.75) is 18.8 Å². The second-order valence-electron chi connectivity index (χ2n) is 6.62. The minimum Gasteiger partial charge on any atom is -0.461 e. The van der Waals surface area contributed by atoms with E-state index in [-0.39, 0.29) is 11.8 Å². The normalized spacial score (nSPS) is 14.6. The quantitative estimate of drug-likeness (QED) is 0.585. The van der Waals surface area contributed by atoms with Crippen LogP contribution in [0.4, 0.5) is 0 Å². The Kier molecular flexibility index (Phi) is 3.74. The van der Waals surface area contributed by atoms with Crippen LogP contribution in [0.3, 0.4) is 0 Å². The predicted octanol–water partition coefficient (Wildman–Crippen LogP) is 2.76. The zero-order chi connectivity index (χ0) is 18.2. The van der Waals surface area contributed by atoms with Crippen molar-refractivity contribution in [2.75, 3.05) is 13.1 Å². The molecule has 1 aromatic carbocycles. The highest BCUT2D eigenvalue weighted by Crippen LogP contribution is 2.27. The van der Waals surface area contributed by atoms with Gasteiger partial charge >= 0.3 is 0 Å². The van der Waals surface area contributed by atoms with E-state index in [4.69, 9.17) is 8.94 Å². The highest BCUT2D eigenvalue weighted by Gasteiger charge is 2.33. The Morgan fingerprint density at radius 2 is 2.07 bits per heavy atom. The molecule has 1 aliphatic heterocycles. The van der Waals surface area contributed by atoms with Crippen molar-refractivity contribution < 1.29 is 13.7 Å². The van der Waals surface area contributed by atoms with E-state index in [0.29, 0.717) is 43.4 Å². The molecule has 4 heterocycles. The summed E-state index contributed by atoms with van der Waals surface area (Å²) in [5.41, 5.74) is 1.99. The minimum absolute atomic E-state index is 0.0834. The summed E-state index contributed by atoms with van der Waals surface area (Å²) < 4.78 is 10.4. The first kappa shape index (κ1) is 15.8. The molecule has 0 spiro atoms. The van der Waals surface area contributed by atoms with E-state index >= 15 is 0 Å². The van der Waals surface area contributed by atoms with E-state index < -0.39 is 0 Å². The van der Waals surface area contributed by atoms with Crippen LogP contribution in [0.15, 0.2) is 51.6 Å². The van der Waals surface area contributed by atoms with Crippen LogP contribution in [-0.2, 0) is 11.2 Å². The molecule has 8 heteroatoms. The van der Waals surface area contributed by atoms with Crippen LogP contribution in [-0.4, -0.2) is 44.0 Å². The number of nitrogens with zero attached hydrogens (tertiary/aromatic N) is 4. The average Bonchev–Trinajstić information content (AvgIpc) is 3.37. The van der Waals surface area contributed by atoms with Gasteiger partial charge in [-0.1, -0.05) is 17.3 Å². The molecule has 1 N–H and O–H groups in total. The summed E-state index contributed by atoms with van der Waals surface area (Å²) in [6.07, 6.45) is 2.31. The molecule has 3 aromatic heterocycles. The Balaban J connectivity index is 1.15. The second-order valence-corrected chi connectivity index (χ2v) is 6.62. The first-order valence-corrected chi connectivity index (χ1v) is 8.85. The maximum atomic E-state index is 12.4. The van der Waals surface area contributed by atoms with Crippen LogP contribution in [0, 0.1) is 0 Å². The SMILES string of the molecule is O=C(CCc1nc(-c2ccco2)no1)N1CC(c2nc3ccccc3[nH]2)C1. The number of hydrogen-bond acceptors (Lipinski definition) is 6. The van der Waals surface area contributed by atoms with E-state index in [9.17, 15) is 4.79 Å². The third-order valence-corrected chi connectivity index (χ3v) is 4.79. The number of amides is 1. The summed E-state index contributed by atoms with van der Waals surface area (Å²) in [6, 6.07) is 11.5. The topological polar surface area (TPSA) is 101 Å². The molecule has 5 rings (SSSR count). The Morgan fingerprint density at radius 1 is 1.19 bits per heavy atom. The number of rotatable bonds is 5. The zero-order valence-corrected chi connectivity index (χ0v) is 14.5. The molecule has 0 unspecified atom stereocenters. The van der Waals surface area contributed by atoms with Crippen molar-refractivity contribution >= 4 is 16.9 Å². The molecular weight excluding hydrogens is 346 g/mol. The number of benzene rings is 1. The smallest absolute Gasteiger partial charge is 0.238 e. The molecule has 4 aromatic rings. The van der Waals surface area contributed by atoms with Gasteiger partial charge in [-0.05, 0) is 24.3 Å². The minimum atomic E-state index is 0.0834. The summed E-state index contributed by atoms with van der Waals surface area (Å²) in [5.74, 6) is 2.67. The number of furan rings is 1. The molecular formula is C19H17N5O3. The van der Waals surface area contributed by atoms with Gasteiger partial charge in [-0.15, -0.1) is 0 Å². The number of imidazole rings is 1. The van der Waals surface area contributed by atoms with Crippen LogP contribution in [0.5, 0.6) is 0 Å². The Hall–Kier alpha value is -3.42. The molecule has 1 fully saturated rings. The lowest BCUT2D eigenvalue weighted by molar-refractivity contribution is -0.135. The van der Waals surface area contributed by atoms with Crippen molar-refractivity contribution in [2.24, 2.45) is 0 Å². The van der Waals surface area contributed by atoms with Crippen molar-refractivity contribution in [1.29, 1.82) is 0 Å². The summed E-state index contributed by atoms with van der Waals surface area (Å²) >= 11 is 0. The molecule has 8 nitrogen and oxygen atoms in total. The lowest BCUT2D eigenvalue weighted by atomic mass is 9.99. The molecule has 0 aliphatic carbocycles. The van der Waals surface area contributed by atoms with Crippen LogP contribution < -0.4 is 0 Å². The number of nitrogens with one attached hydrogen (secondary N) is 1. The number of fused-ring (bicyclic) bond motifs is 1. The number of aromatic amines is 1. The monoisotopic (exact) mass is 363 g/mol. The fourth-order valence-electron chi connectivity index (χ4n) is 3.26. The standard InChI is InChI=1S/C19H17N5O3/c25-17(8-7-16-22-19(23-27-16)15-6-3-9-26-15)24-10-12(11-24)18-20-13-4-1-2-5-14(13)21-18/h1-6,9,12H,7-8,10-11H2,(H,20,21). The first-order valence-electron chi connectivity index (χ1n) is 8.85. The van der Waals surface area contributed by atoms with E-state index in [2.05, 4.69) is 20.1 Å². The van der Waals surface area contributed by atoms with Crippen LogP contribution >= 0.6 is 0 Å². The second kappa shape index (κ2) is 6.39. The number of carbonyl (C=O) groups is 1. The van der Waals surface area contributed by atoms with Gasteiger partial charge in [-0.3, -0.25) is 4.79 Å². The number of aryl methyl sites for hydroxylation is 1. The Labute approximate surface area is 154 Å². The van der Waals surface area contributed by atoms with E-state index in [1.807, 2.05) is 29.2 Å². The number of H-pyrrole nitrogens is 1. The number of hydrogen-bond donors (Lipinski definition) is 1. The number of likely N-dealkylation sites (tertiary alicyclic amines) is 1. The fraction of sp³-hybridized carbons (Fsp3) is 0.263. The molecule has 0 radical (unpaired) electrons. The van der Waals surface area contributed by atoms with E-state index in [1.54, 1.807) is 18.4 Å². The van der Waals surface area contributed by atoms with Gasteiger partial charge < -0.3 is 18.8 Å². The molecule has 1 amide bonds. The van der Waals surface area contributed by atoms with Gasteiger partial charge in [-0.2, -0.15) is 4.98 Å². The third kappa shape index (κ3) is 2.99. The molecule has 136 valence electrons. The van der Waals surface area contributed by atoms with E-state index in [1.165, 1.54) is 0 Å². The summed E-state index contributed by atoms with van der Waals surface area (Å²) in [6.45, 7) is 1.36. The van der Waals surface area contributed by atoms with Gasteiger partial charge in [0.1, 0.15) is 5.82 Å². The molecule has 27 heavy (non-hydrogen) atoms. The maximum absolute atomic E-state index is 12.4. The van der Waals surface area contributed by atoms with E-state index in [0.717, 1.165) is 16.9 Å². The van der Waals surface area contributed by atoms with Crippen LogP contribution in [0.25, 0.3) is 22.6 Å². The van der Waals surface area contributed by atoms with Crippen molar-refractivity contribution in [3.63, 3.8) is 0 Å². The predicted molar refractivity (Wildman–Crippen MR) is 95.7 cm³/mol. The van der Waals surface area contributed by atoms with Crippen LogP contribution in [0.1, 0.15) is 24.1 Å². The highest BCUT2D eigenvalue weighted by atomic mass is 16.5. The van der Waals surface area contributed by atoms with Gasteiger partial charge in [0.05, 0.1) is 23.2 Å². The summed E-state index contributed by atoms with van der Waals surface area (Å²) in [4.78, 5) is 26.4. The van der Waals surface area contributed by atoms with Crippen molar-refractivity contribution in [1.82, 2.24) is 25.0 Å². The van der Waals surface area contributed by atoms with Crippen molar-refractivity contribution in [3.8, 4) is 11.6 Å². The summed E-state index contributed by atoms with van der Waals surface area (Å²) in [5, 5.41) is 3.87. The highest BCUT2D eigenvalue weighted by molar-refractivity contribution is 5.78. The Morgan fingerprint density at radius 3 is 2.89 bits per heavy atom. The molecule has 1 saturated heterocycles. The van der Waals surface area contributed by atoms with Gasteiger partial charge in [-0.25, -0.2) is 4.98 Å². The number of aromatic nitrogens is 4. The van der Waals surface area contributed by atoms with Crippen molar-refractivity contribution in [3.05, 3.63) is 54.4 Å². The molecule has 0 saturated carbocycles. The summed E-state index contributed by atoms with van der Waals surface area (Å²) in [7, 11) is 0. The zero-order valence-electron chi connectivity index (χ0n) is 14.5. The first-order chi connectivity index (χ1) is 13.3. The van der Waals surface area contributed by atoms with Gasteiger partial charge in [0.15, 0.2) is 5.76 Å². The molecule has 0 atom stereocenters. The third-order valence-electron chi connectivity index (χ3n) is 4.79. The van der Waals surface area contributed by atoms with Gasteiger partial charge in [0.25, 0.3) is 0 Å². The van der Waals surface area contributed by atoms with Gasteiger partial charge in [0.2, 0.25) is 17.6 Å². The molecule has 1 aliphatic rings. The average molecular weight is 363 g/mol.